The third-order valence-corrected chi connectivity index (χ3v) is 17.3. The molecule has 13 rings (SSSR count). The van der Waals surface area contributed by atoms with E-state index in [0.717, 1.165) is 61.3 Å². The number of rotatable bonds is 6. The van der Waals surface area contributed by atoms with E-state index >= 15 is 0 Å². The number of fused-ring (bicyclic) bond motifs is 10. The quantitative estimate of drug-likeness (QED) is 0.166. The standard InChI is InChI=1S/C72H66N6S/c1-69(2,3)46-35-44(36-47(40-46)70(4,5)6)67-74-66(75-68(76-67)45-37-48(71(7,8)9)41-49(38-45)72(10,11)12)43-29-31-60(77-59-27-19-15-24-55(59)64-61(77)32-30-54-53-23-16-20-28-63(53)79-65(54)64)56(39-43)52-33-34-73-42-62(52)78-57-25-17-13-21-50(57)51-22-14-18-26-58(51)78/h13-42H,1-12H3. The zero-order valence-electron chi connectivity index (χ0n) is 47.4. The van der Waals surface area contributed by atoms with Crippen molar-refractivity contribution in [2.75, 3.05) is 0 Å². The van der Waals surface area contributed by atoms with Crippen LogP contribution in [0.5, 0.6) is 0 Å². The van der Waals surface area contributed by atoms with E-state index in [9.17, 15) is 0 Å². The Kier molecular flexibility index (Phi) is 11.5. The first-order valence-corrected chi connectivity index (χ1v) is 28.5. The molecule has 0 N–H and O–H groups in total. The first-order valence-electron chi connectivity index (χ1n) is 27.7. The van der Waals surface area contributed by atoms with Gasteiger partial charge in [0.2, 0.25) is 0 Å². The average molecular weight is 1050 g/mol. The highest BCUT2D eigenvalue weighted by Gasteiger charge is 2.28. The monoisotopic (exact) mass is 1050 g/mol. The maximum Gasteiger partial charge on any atom is 0.164 e. The first-order chi connectivity index (χ1) is 37.7. The lowest BCUT2D eigenvalue weighted by Gasteiger charge is -2.26. The first kappa shape index (κ1) is 50.3. The molecule has 8 aromatic carbocycles. The molecule has 0 saturated carbocycles. The maximum atomic E-state index is 5.58. The highest BCUT2D eigenvalue weighted by molar-refractivity contribution is 7.26. The zero-order chi connectivity index (χ0) is 54.9. The predicted octanol–water partition coefficient (Wildman–Crippen LogP) is 19.7. The van der Waals surface area contributed by atoms with E-state index < -0.39 is 0 Å². The molecule has 6 nitrogen and oxygen atoms in total. The van der Waals surface area contributed by atoms with E-state index in [1.165, 1.54) is 64.0 Å². The lowest BCUT2D eigenvalue weighted by molar-refractivity contribution is 0.568. The van der Waals surface area contributed by atoms with Crippen LogP contribution in [0, 0.1) is 0 Å². The Balaban J connectivity index is 1.13. The minimum Gasteiger partial charge on any atom is -0.309 e. The largest absolute Gasteiger partial charge is 0.309 e. The second kappa shape index (κ2) is 18.2. The summed E-state index contributed by atoms with van der Waals surface area (Å²) in [5.41, 5.74) is 15.9. The van der Waals surface area contributed by atoms with Crippen molar-refractivity contribution in [2.24, 2.45) is 0 Å². The number of nitrogens with zero attached hydrogens (tertiary/aromatic N) is 6. The molecule has 0 aliphatic heterocycles. The van der Waals surface area contributed by atoms with Gasteiger partial charge in [0.15, 0.2) is 17.5 Å². The zero-order valence-corrected chi connectivity index (χ0v) is 48.2. The Morgan fingerprint density at radius 1 is 0.354 bits per heavy atom. The van der Waals surface area contributed by atoms with E-state index in [1.807, 2.05) is 23.7 Å². The molecule has 0 unspecified atom stereocenters. The van der Waals surface area contributed by atoms with Gasteiger partial charge in [-0.1, -0.05) is 174 Å². The van der Waals surface area contributed by atoms with Crippen LogP contribution in [0.15, 0.2) is 182 Å². The van der Waals surface area contributed by atoms with Gasteiger partial charge in [-0.3, -0.25) is 4.98 Å². The fourth-order valence-corrected chi connectivity index (χ4v) is 12.8. The molecule has 0 spiro atoms. The molecule has 390 valence electrons. The van der Waals surface area contributed by atoms with Gasteiger partial charge in [-0.25, -0.2) is 15.0 Å². The average Bonchev–Trinajstić information content (AvgIpc) is 4.33. The molecular weight excluding hydrogens is 981 g/mol. The van der Waals surface area contributed by atoms with Gasteiger partial charge in [0, 0.05) is 75.7 Å². The molecule has 0 aliphatic rings. The fourth-order valence-electron chi connectivity index (χ4n) is 11.6. The Hall–Kier alpha value is -8.26. The smallest absolute Gasteiger partial charge is 0.164 e. The van der Waals surface area contributed by atoms with Crippen molar-refractivity contribution in [1.29, 1.82) is 0 Å². The Morgan fingerprint density at radius 2 is 0.810 bits per heavy atom. The summed E-state index contributed by atoms with van der Waals surface area (Å²) in [5, 5.41) is 7.42. The molecule has 0 saturated heterocycles. The Morgan fingerprint density at radius 3 is 1.34 bits per heavy atom. The van der Waals surface area contributed by atoms with Gasteiger partial charge in [-0.05, 0) is 123 Å². The van der Waals surface area contributed by atoms with Crippen LogP contribution < -0.4 is 0 Å². The number of hydrogen-bond acceptors (Lipinski definition) is 5. The molecule has 0 amide bonds. The van der Waals surface area contributed by atoms with Gasteiger partial charge < -0.3 is 9.13 Å². The Labute approximate surface area is 467 Å². The van der Waals surface area contributed by atoms with Crippen molar-refractivity contribution < 1.29 is 0 Å². The number of para-hydroxylation sites is 3. The number of aromatic nitrogens is 6. The van der Waals surface area contributed by atoms with Crippen LogP contribution >= 0.6 is 11.3 Å². The highest BCUT2D eigenvalue weighted by atomic mass is 32.1. The third kappa shape index (κ3) is 8.61. The van der Waals surface area contributed by atoms with E-state index in [1.54, 1.807) is 0 Å². The molecule has 0 atom stereocenters. The highest BCUT2D eigenvalue weighted by Crippen LogP contribution is 2.47. The third-order valence-electron chi connectivity index (χ3n) is 16.1. The van der Waals surface area contributed by atoms with Crippen LogP contribution in [0.4, 0.5) is 0 Å². The number of pyridine rings is 1. The van der Waals surface area contributed by atoms with Crippen molar-refractivity contribution in [2.45, 2.75) is 105 Å². The van der Waals surface area contributed by atoms with Gasteiger partial charge in [-0.15, -0.1) is 11.3 Å². The number of thiophene rings is 1. The van der Waals surface area contributed by atoms with Crippen LogP contribution in [0.25, 0.3) is 120 Å². The van der Waals surface area contributed by atoms with Crippen LogP contribution in [-0.4, -0.2) is 29.1 Å². The molecule has 79 heavy (non-hydrogen) atoms. The summed E-state index contributed by atoms with van der Waals surface area (Å²) in [6, 6.07) is 62.7. The predicted molar refractivity (Wildman–Crippen MR) is 336 cm³/mol. The minimum absolute atomic E-state index is 0.115. The summed E-state index contributed by atoms with van der Waals surface area (Å²) in [6.45, 7) is 27.4. The van der Waals surface area contributed by atoms with Crippen LogP contribution in [-0.2, 0) is 21.7 Å². The molecule has 0 radical (unpaired) electrons. The van der Waals surface area contributed by atoms with Crippen molar-refractivity contribution in [1.82, 2.24) is 29.1 Å². The van der Waals surface area contributed by atoms with Crippen LogP contribution in [0.1, 0.15) is 105 Å². The molecular formula is C72H66N6S. The molecule has 0 aliphatic carbocycles. The van der Waals surface area contributed by atoms with E-state index in [0.29, 0.717) is 17.5 Å². The lowest BCUT2D eigenvalue weighted by atomic mass is 9.79. The van der Waals surface area contributed by atoms with Crippen molar-refractivity contribution >= 4 is 75.1 Å². The molecule has 7 heteroatoms. The van der Waals surface area contributed by atoms with E-state index in [-0.39, 0.29) is 21.7 Å². The topological polar surface area (TPSA) is 61.4 Å². The summed E-state index contributed by atoms with van der Waals surface area (Å²) < 4.78 is 7.45. The van der Waals surface area contributed by atoms with E-state index in [4.69, 9.17) is 19.9 Å². The summed E-state index contributed by atoms with van der Waals surface area (Å²) in [4.78, 5) is 21.6. The lowest BCUT2D eigenvalue weighted by Crippen LogP contribution is -2.17. The van der Waals surface area contributed by atoms with Crippen LogP contribution in [0.2, 0.25) is 0 Å². The molecule has 13 aromatic rings. The SMILES string of the molecule is CC(C)(C)c1cc(-c2nc(-c3cc(C(C)(C)C)cc(C(C)(C)C)c3)nc(-c3ccc(-n4c5ccccc5c5c6sc7ccccc7c6ccc54)c(-c4ccncc4-n4c5ccccc5c5ccccc54)c3)n2)cc(C(C)(C)C)c1. The van der Waals surface area contributed by atoms with E-state index in [2.05, 4.69) is 262 Å². The van der Waals surface area contributed by atoms with Gasteiger partial charge in [0.25, 0.3) is 0 Å². The maximum absolute atomic E-state index is 5.58. The normalized spacial score (nSPS) is 12.8. The number of hydrogen-bond donors (Lipinski definition) is 0. The number of benzene rings is 8. The summed E-state index contributed by atoms with van der Waals surface area (Å²) in [5.74, 6) is 1.89. The molecule has 5 heterocycles. The summed E-state index contributed by atoms with van der Waals surface area (Å²) in [7, 11) is 0. The van der Waals surface area contributed by atoms with Crippen molar-refractivity contribution in [3.8, 4) is 56.7 Å². The minimum atomic E-state index is -0.115. The summed E-state index contributed by atoms with van der Waals surface area (Å²) in [6.07, 6.45) is 3.96. The molecule has 5 aromatic heterocycles. The molecule has 0 fully saturated rings. The van der Waals surface area contributed by atoms with Gasteiger partial charge in [0.1, 0.15) is 0 Å². The fraction of sp³-hybridized carbons (Fsp3) is 0.222. The summed E-state index contributed by atoms with van der Waals surface area (Å²) >= 11 is 1.88. The molecule has 0 bridgehead atoms. The van der Waals surface area contributed by atoms with Gasteiger partial charge in [-0.2, -0.15) is 0 Å². The second-order valence-electron chi connectivity index (χ2n) is 25.7. The van der Waals surface area contributed by atoms with Crippen molar-refractivity contribution in [3.05, 3.63) is 205 Å². The second-order valence-corrected chi connectivity index (χ2v) is 26.7. The van der Waals surface area contributed by atoms with Crippen LogP contribution in [0.3, 0.4) is 0 Å². The van der Waals surface area contributed by atoms with Crippen molar-refractivity contribution in [3.63, 3.8) is 0 Å². The van der Waals surface area contributed by atoms with Gasteiger partial charge in [0.05, 0.1) is 39.6 Å². The Bertz CT molecular complexity index is 4380. The van der Waals surface area contributed by atoms with Gasteiger partial charge >= 0.3 is 0 Å².